The van der Waals surface area contributed by atoms with E-state index in [1.807, 2.05) is 19.9 Å². The fourth-order valence-corrected chi connectivity index (χ4v) is 4.72. The fraction of sp³-hybridized carbons (Fsp3) is 0.409. The Balaban J connectivity index is 1.25. The summed E-state index contributed by atoms with van der Waals surface area (Å²) in [6.45, 7) is 3.68. The van der Waals surface area contributed by atoms with Crippen molar-refractivity contribution in [2.24, 2.45) is 5.41 Å². The summed E-state index contributed by atoms with van der Waals surface area (Å²) in [5.74, 6) is -0.482. The second kappa shape index (κ2) is 7.10. The Labute approximate surface area is 173 Å². The maximum Gasteiger partial charge on any atom is 0.258 e. The molecule has 0 spiro atoms. The molecule has 0 aliphatic heterocycles. The second-order valence-corrected chi connectivity index (χ2v) is 8.86. The minimum atomic E-state index is -0.588. The Kier molecular flexibility index (Phi) is 4.85. The summed E-state index contributed by atoms with van der Waals surface area (Å²) in [5, 5.41) is 3.01. The van der Waals surface area contributed by atoms with E-state index >= 15 is 0 Å². The first-order valence-corrected chi connectivity index (χ1v) is 9.92. The molecule has 1 heterocycles. The highest BCUT2D eigenvalue weighted by Gasteiger charge is 2.68. The molecule has 1 N–H and O–H groups in total. The molecule has 0 atom stereocenters. The average Bonchev–Trinajstić information content (AvgIpc) is 2.62. The molecule has 3 saturated carbocycles. The molecule has 2 aromatic rings. The monoisotopic (exact) mass is 416 g/mol. The molecule has 1 aromatic heterocycles. The molecule has 0 radical (unpaired) electrons. The third-order valence-electron chi connectivity index (χ3n) is 6.00. The highest BCUT2D eigenvalue weighted by Crippen LogP contribution is 2.69. The van der Waals surface area contributed by atoms with Gasteiger partial charge in [-0.3, -0.25) is 14.6 Å². The summed E-state index contributed by atoms with van der Waals surface area (Å²) in [6, 6.07) is 5.95. The van der Waals surface area contributed by atoms with Gasteiger partial charge in [0.1, 0.15) is 11.6 Å². The van der Waals surface area contributed by atoms with Crippen molar-refractivity contribution in [3.05, 3.63) is 58.1 Å². The summed E-state index contributed by atoms with van der Waals surface area (Å²) in [6.07, 6.45) is 4.52. The minimum absolute atomic E-state index is 0.00657. The van der Waals surface area contributed by atoms with Crippen LogP contribution < -0.4 is 10.1 Å². The number of aromatic nitrogens is 1. The molecular weight excluding hydrogens is 395 g/mol. The van der Waals surface area contributed by atoms with Crippen molar-refractivity contribution in [1.82, 2.24) is 10.3 Å². The Bertz CT molecular complexity index is 988. The SMILES string of the molecule is Cc1cc(C(=O)CC23CC(NC(=O)COc4ccc(Cl)c(F)c4)(C2)C3)cnc1C. The number of benzene rings is 1. The number of hydrogen-bond acceptors (Lipinski definition) is 4. The number of carbonyl (C=O) groups is 2. The van der Waals surface area contributed by atoms with E-state index in [-0.39, 0.29) is 40.0 Å². The number of halogens is 2. The number of aryl methyl sites for hydroxylation is 2. The van der Waals surface area contributed by atoms with Crippen LogP contribution in [0.5, 0.6) is 5.75 Å². The van der Waals surface area contributed by atoms with Crippen LogP contribution in [0, 0.1) is 25.1 Å². The number of nitrogens with zero attached hydrogens (tertiary/aromatic N) is 1. The van der Waals surface area contributed by atoms with E-state index in [1.165, 1.54) is 12.1 Å². The molecule has 1 aromatic carbocycles. The van der Waals surface area contributed by atoms with Gasteiger partial charge in [-0.05, 0) is 62.3 Å². The van der Waals surface area contributed by atoms with Gasteiger partial charge in [0.2, 0.25) is 0 Å². The summed E-state index contributed by atoms with van der Waals surface area (Å²) >= 11 is 5.63. The summed E-state index contributed by atoms with van der Waals surface area (Å²) in [7, 11) is 0. The van der Waals surface area contributed by atoms with Gasteiger partial charge in [-0.2, -0.15) is 0 Å². The van der Waals surface area contributed by atoms with Crippen molar-refractivity contribution in [3.63, 3.8) is 0 Å². The molecule has 0 saturated heterocycles. The highest BCUT2D eigenvalue weighted by molar-refractivity contribution is 6.30. The fourth-order valence-electron chi connectivity index (χ4n) is 4.60. The van der Waals surface area contributed by atoms with Gasteiger partial charge in [0, 0.05) is 35.5 Å². The second-order valence-electron chi connectivity index (χ2n) is 8.45. The van der Waals surface area contributed by atoms with Crippen molar-refractivity contribution in [3.8, 4) is 5.75 Å². The number of pyridine rings is 1. The number of ether oxygens (including phenoxy) is 1. The lowest BCUT2D eigenvalue weighted by molar-refractivity contribution is -0.164. The number of Topliss-reactive ketones (excluding diaryl/α,β-unsaturated/α-hetero) is 1. The van der Waals surface area contributed by atoms with Gasteiger partial charge >= 0.3 is 0 Å². The molecule has 7 heteroatoms. The van der Waals surface area contributed by atoms with Gasteiger partial charge in [0.05, 0.1) is 5.02 Å². The molecule has 29 heavy (non-hydrogen) atoms. The van der Waals surface area contributed by atoms with Crippen molar-refractivity contribution >= 4 is 23.3 Å². The first-order chi connectivity index (χ1) is 13.7. The number of nitrogens with one attached hydrogen (secondary N) is 1. The van der Waals surface area contributed by atoms with E-state index in [1.54, 1.807) is 6.20 Å². The lowest BCUT2D eigenvalue weighted by Gasteiger charge is -2.70. The maximum atomic E-state index is 13.4. The van der Waals surface area contributed by atoms with E-state index in [4.69, 9.17) is 16.3 Å². The van der Waals surface area contributed by atoms with Crippen LogP contribution in [0.25, 0.3) is 0 Å². The lowest BCUT2D eigenvalue weighted by Crippen LogP contribution is -2.75. The van der Waals surface area contributed by atoms with Crippen LogP contribution in [0.1, 0.15) is 47.3 Å². The molecule has 3 aliphatic rings. The van der Waals surface area contributed by atoms with Gasteiger partial charge < -0.3 is 10.1 Å². The number of hydrogen-bond donors (Lipinski definition) is 1. The van der Waals surface area contributed by atoms with E-state index in [2.05, 4.69) is 10.3 Å². The lowest BCUT2D eigenvalue weighted by atomic mass is 9.38. The Hall–Kier alpha value is -2.47. The van der Waals surface area contributed by atoms with E-state index in [0.717, 1.165) is 36.6 Å². The van der Waals surface area contributed by atoms with Crippen LogP contribution in [-0.2, 0) is 4.79 Å². The molecule has 3 fully saturated rings. The zero-order chi connectivity index (χ0) is 20.8. The van der Waals surface area contributed by atoms with Crippen molar-refractivity contribution in [2.75, 3.05) is 6.61 Å². The first-order valence-electron chi connectivity index (χ1n) is 9.55. The van der Waals surface area contributed by atoms with Gasteiger partial charge in [0.15, 0.2) is 12.4 Å². The van der Waals surface area contributed by atoms with E-state index < -0.39 is 5.82 Å². The third kappa shape index (κ3) is 3.86. The molecular formula is C22H22ClFN2O3. The average molecular weight is 417 g/mol. The Morgan fingerprint density at radius 3 is 2.62 bits per heavy atom. The predicted octanol–water partition coefficient (Wildman–Crippen LogP) is 4.18. The molecule has 152 valence electrons. The van der Waals surface area contributed by atoms with Crippen molar-refractivity contribution < 1.29 is 18.7 Å². The van der Waals surface area contributed by atoms with Gasteiger partial charge in [0.25, 0.3) is 5.91 Å². The molecule has 0 unspecified atom stereocenters. The third-order valence-corrected chi connectivity index (χ3v) is 6.31. The van der Waals surface area contributed by atoms with Crippen LogP contribution in [0.2, 0.25) is 5.02 Å². The minimum Gasteiger partial charge on any atom is -0.484 e. The number of ketones is 1. The van der Waals surface area contributed by atoms with Gasteiger partial charge in [-0.25, -0.2) is 4.39 Å². The number of amides is 1. The standard InChI is InChI=1S/C22H22ClFN2O3/c1-13-5-15(8-25-14(13)2)19(27)7-21-10-22(11-21,12-21)26-20(28)9-29-16-3-4-17(23)18(24)6-16/h3-6,8H,7,9-12H2,1-2H3,(H,26,28). The van der Waals surface area contributed by atoms with Crippen LogP contribution in [0.3, 0.4) is 0 Å². The topological polar surface area (TPSA) is 68.3 Å². The molecule has 5 rings (SSSR count). The van der Waals surface area contributed by atoms with Gasteiger partial charge in [-0.1, -0.05) is 11.6 Å². The molecule has 1 amide bonds. The van der Waals surface area contributed by atoms with Crippen LogP contribution in [-0.4, -0.2) is 28.8 Å². The van der Waals surface area contributed by atoms with E-state index in [9.17, 15) is 14.0 Å². The largest absolute Gasteiger partial charge is 0.484 e. The summed E-state index contributed by atoms with van der Waals surface area (Å²) < 4.78 is 18.7. The number of carbonyl (C=O) groups excluding carboxylic acids is 2. The zero-order valence-corrected chi connectivity index (χ0v) is 17.1. The van der Waals surface area contributed by atoms with Crippen molar-refractivity contribution in [2.45, 2.75) is 45.1 Å². The maximum absolute atomic E-state index is 13.4. The summed E-state index contributed by atoms with van der Waals surface area (Å²) in [5.41, 5.74) is 2.35. The van der Waals surface area contributed by atoms with Crippen LogP contribution >= 0.6 is 11.6 Å². The number of rotatable bonds is 7. The zero-order valence-electron chi connectivity index (χ0n) is 16.4. The normalized spacial score (nSPS) is 24.3. The van der Waals surface area contributed by atoms with Crippen molar-refractivity contribution in [1.29, 1.82) is 0 Å². The van der Waals surface area contributed by atoms with E-state index in [0.29, 0.717) is 12.0 Å². The Morgan fingerprint density at radius 1 is 1.24 bits per heavy atom. The molecule has 2 bridgehead atoms. The smallest absolute Gasteiger partial charge is 0.258 e. The quantitative estimate of drug-likeness (QED) is 0.687. The van der Waals surface area contributed by atoms with Crippen LogP contribution in [0.4, 0.5) is 4.39 Å². The van der Waals surface area contributed by atoms with Gasteiger partial charge in [-0.15, -0.1) is 0 Å². The van der Waals surface area contributed by atoms with Crippen LogP contribution in [0.15, 0.2) is 30.5 Å². The highest BCUT2D eigenvalue weighted by atomic mass is 35.5. The molecule has 3 aliphatic carbocycles. The predicted molar refractivity (Wildman–Crippen MR) is 107 cm³/mol. The first kappa shape index (κ1) is 19.8. The summed E-state index contributed by atoms with van der Waals surface area (Å²) in [4.78, 5) is 29.1. The molecule has 5 nitrogen and oxygen atoms in total. The Morgan fingerprint density at radius 2 is 1.97 bits per heavy atom.